The van der Waals surface area contributed by atoms with Crippen LogP contribution in [-0.4, -0.2) is 37.9 Å². The minimum absolute atomic E-state index is 0. The summed E-state index contributed by atoms with van der Waals surface area (Å²) in [5.41, 5.74) is 5.49. The summed E-state index contributed by atoms with van der Waals surface area (Å²) in [4.78, 5) is 13.0. The summed E-state index contributed by atoms with van der Waals surface area (Å²) < 4.78 is 24.6. The number of nitrogens with one attached hydrogen (secondary N) is 1. The molecule has 0 bridgehead atoms. The van der Waals surface area contributed by atoms with E-state index in [9.17, 15) is 13.2 Å². The Bertz CT molecular complexity index is 608. The van der Waals surface area contributed by atoms with Gasteiger partial charge >= 0.3 is 0 Å². The van der Waals surface area contributed by atoms with E-state index in [0.717, 1.165) is 0 Å². The average molecular weight is 381 g/mol. The molecule has 0 radical (unpaired) electrons. The molecule has 0 saturated heterocycles. The van der Waals surface area contributed by atoms with Gasteiger partial charge in [-0.05, 0) is 32.4 Å². The van der Waals surface area contributed by atoms with Crippen LogP contribution in [0, 0.1) is 0 Å². The molecule has 3 N–H and O–H groups in total. The quantitative estimate of drug-likeness (QED) is 0.675. The Labute approximate surface area is 149 Å². The van der Waals surface area contributed by atoms with Gasteiger partial charge in [-0.15, -0.1) is 24.2 Å². The number of carbonyl (C=O) groups is 1. The first-order valence-electron chi connectivity index (χ1n) is 7.30. The third kappa shape index (κ3) is 6.71. The third-order valence-electron chi connectivity index (χ3n) is 3.07. The second-order valence-corrected chi connectivity index (χ2v) is 8.63. The highest BCUT2D eigenvalue weighted by molar-refractivity contribution is 8.01. The molecule has 1 aromatic rings. The topological polar surface area (TPSA) is 89.3 Å². The van der Waals surface area contributed by atoms with Gasteiger partial charge in [0, 0.05) is 17.5 Å². The molecule has 1 aromatic carbocycles. The highest BCUT2D eigenvalue weighted by Gasteiger charge is 2.22. The molecule has 8 heteroatoms. The lowest BCUT2D eigenvalue weighted by atomic mass is 10.3. The minimum atomic E-state index is -3.31. The number of nitrogens with two attached hydrogens (primary N) is 1. The number of carbonyl (C=O) groups excluding carboxylic acids is 1. The van der Waals surface area contributed by atoms with E-state index in [-0.39, 0.29) is 30.1 Å². The summed E-state index contributed by atoms with van der Waals surface area (Å²) in [6, 6.07) is 6.72. The molecular formula is C15H25ClN2O3S2. The molecule has 0 fully saturated rings. The zero-order valence-electron chi connectivity index (χ0n) is 13.6. The number of hydrogen-bond acceptors (Lipinski definition) is 5. The van der Waals surface area contributed by atoms with Gasteiger partial charge in [0.2, 0.25) is 5.91 Å². The zero-order valence-corrected chi connectivity index (χ0v) is 16.1. The summed E-state index contributed by atoms with van der Waals surface area (Å²) in [7, 11) is -3.31. The van der Waals surface area contributed by atoms with Crippen molar-refractivity contribution in [2.45, 2.75) is 48.3 Å². The van der Waals surface area contributed by atoms with E-state index in [1.54, 1.807) is 31.2 Å². The van der Waals surface area contributed by atoms with Crippen molar-refractivity contribution in [3.8, 4) is 0 Å². The third-order valence-corrected chi connectivity index (χ3v) is 6.35. The van der Waals surface area contributed by atoms with Crippen LogP contribution in [0.15, 0.2) is 34.1 Å². The summed E-state index contributed by atoms with van der Waals surface area (Å²) in [5.74, 6) is -0.0410. The van der Waals surface area contributed by atoms with Crippen molar-refractivity contribution in [2.75, 3.05) is 12.3 Å². The van der Waals surface area contributed by atoms with Crippen molar-refractivity contribution in [2.24, 2.45) is 5.73 Å². The molecule has 1 unspecified atom stereocenters. The normalized spacial score (nSPS) is 13.7. The first kappa shape index (κ1) is 22.2. The lowest BCUT2D eigenvalue weighted by Crippen LogP contribution is -2.41. The van der Waals surface area contributed by atoms with E-state index in [1.807, 2.05) is 13.8 Å². The Hall–Kier alpha value is -0.760. The summed E-state index contributed by atoms with van der Waals surface area (Å²) in [6.07, 6.45) is 0.561. The van der Waals surface area contributed by atoms with Crippen LogP contribution in [-0.2, 0) is 14.6 Å². The van der Waals surface area contributed by atoms with Gasteiger partial charge in [-0.2, -0.15) is 0 Å². The monoisotopic (exact) mass is 380 g/mol. The second kappa shape index (κ2) is 10.2. The van der Waals surface area contributed by atoms with Crippen molar-refractivity contribution < 1.29 is 13.2 Å². The van der Waals surface area contributed by atoms with Gasteiger partial charge in [0.15, 0.2) is 9.84 Å². The molecule has 0 heterocycles. The van der Waals surface area contributed by atoms with Crippen LogP contribution in [0.4, 0.5) is 0 Å². The Morgan fingerprint density at radius 1 is 1.30 bits per heavy atom. The number of thioether (sulfide) groups is 1. The van der Waals surface area contributed by atoms with E-state index in [0.29, 0.717) is 22.8 Å². The van der Waals surface area contributed by atoms with Crippen LogP contribution in [0.5, 0.6) is 0 Å². The second-order valence-electron chi connectivity index (χ2n) is 5.17. The largest absolute Gasteiger partial charge is 0.351 e. The van der Waals surface area contributed by atoms with Crippen LogP contribution in [0.1, 0.15) is 27.2 Å². The summed E-state index contributed by atoms with van der Waals surface area (Å²) in [6.45, 7) is 5.78. The summed E-state index contributed by atoms with van der Waals surface area (Å²) >= 11 is 1.25. The number of rotatable bonds is 8. The van der Waals surface area contributed by atoms with Crippen LogP contribution in [0.3, 0.4) is 0 Å². The van der Waals surface area contributed by atoms with Crippen molar-refractivity contribution in [3.05, 3.63) is 24.3 Å². The van der Waals surface area contributed by atoms with Crippen molar-refractivity contribution in [3.63, 3.8) is 0 Å². The van der Waals surface area contributed by atoms with Gasteiger partial charge in [-0.3, -0.25) is 4.79 Å². The Morgan fingerprint density at radius 2 is 1.91 bits per heavy atom. The van der Waals surface area contributed by atoms with E-state index >= 15 is 0 Å². The fourth-order valence-corrected chi connectivity index (χ4v) is 4.69. The molecular weight excluding hydrogens is 356 g/mol. The van der Waals surface area contributed by atoms with Gasteiger partial charge in [0.1, 0.15) is 0 Å². The molecule has 0 saturated carbocycles. The van der Waals surface area contributed by atoms with Gasteiger partial charge in [-0.25, -0.2) is 8.42 Å². The Morgan fingerprint density at radius 3 is 2.48 bits per heavy atom. The van der Waals surface area contributed by atoms with Gasteiger partial charge in [0.05, 0.1) is 15.9 Å². The molecule has 0 aromatic heterocycles. The van der Waals surface area contributed by atoms with E-state index in [2.05, 4.69) is 5.32 Å². The van der Waals surface area contributed by atoms with Crippen LogP contribution < -0.4 is 11.1 Å². The highest BCUT2D eigenvalue weighted by Crippen LogP contribution is 2.30. The van der Waals surface area contributed by atoms with Gasteiger partial charge in [-0.1, -0.05) is 19.1 Å². The van der Waals surface area contributed by atoms with Crippen molar-refractivity contribution in [1.82, 2.24) is 5.32 Å². The molecule has 0 aliphatic rings. The molecule has 2 atom stereocenters. The molecule has 0 aliphatic heterocycles. The predicted octanol–water partition coefficient (Wildman–Crippen LogP) is 2.24. The van der Waals surface area contributed by atoms with E-state index in [4.69, 9.17) is 5.73 Å². The number of sulfone groups is 1. The van der Waals surface area contributed by atoms with E-state index < -0.39 is 15.1 Å². The lowest BCUT2D eigenvalue weighted by molar-refractivity contribution is -0.120. The number of amides is 1. The fourth-order valence-electron chi connectivity index (χ4n) is 1.85. The lowest BCUT2D eigenvalue weighted by Gasteiger charge is -2.17. The molecule has 132 valence electrons. The standard InChI is InChI=1S/C15H24N2O3S2.ClH/c1-4-9-22(19,20)14-8-6-5-7-13(14)21-12(3)15(18)17-11(2)10-16;/h5-8,11-12H,4,9-10,16H2,1-3H3,(H,17,18);1H/t11-,12?;/m0./s1. The Kier molecular flexibility index (Phi) is 9.84. The SMILES string of the molecule is CCCS(=O)(=O)c1ccccc1SC(C)C(=O)N[C@@H](C)CN.Cl. The van der Waals surface area contributed by atoms with Crippen LogP contribution in [0.2, 0.25) is 0 Å². The van der Waals surface area contributed by atoms with Gasteiger partial charge < -0.3 is 11.1 Å². The number of benzene rings is 1. The fraction of sp³-hybridized carbons (Fsp3) is 0.533. The first-order valence-corrected chi connectivity index (χ1v) is 9.84. The molecule has 0 spiro atoms. The maximum atomic E-state index is 12.3. The van der Waals surface area contributed by atoms with Crippen molar-refractivity contribution in [1.29, 1.82) is 0 Å². The van der Waals surface area contributed by atoms with Crippen LogP contribution in [0.25, 0.3) is 0 Å². The molecule has 5 nitrogen and oxygen atoms in total. The predicted molar refractivity (Wildman–Crippen MR) is 98.0 cm³/mol. The zero-order chi connectivity index (χ0) is 16.8. The van der Waals surface area contributed by atoms with Crippen LogP contribution >= 0.6 is 24.2 Å². The minimum Gasteiger partial charge on any atom is -0.351 e. The molecule has 1 amide bonds. The molecule has 1 rings (SSSR count). The number of halogens is 1. The average Bonchev–Trinajstić information content (AvgIpc) is 2.47. The molecule has 23 heavy (non-hydrogen) atoms. The van der Waals surface area contributed by atoms with Gasteiger partial charge in [0.25, 0.3) is 0 Å². The smallest absolute Gasteiger partial charge is 0.233 e. The molecule has 0 aliphatic carbocycles. The Balaban J connectivity index is 0.00000484. The maximum Gasteiger partial charge on any atom is 0.233 e. The van der Waals surface area contributed by atoms with E-state index in [1.165, 1.54) is 11.8 Å². The number of hydrogen-bond donors (Lipinski definition) is 2. The van der Waals surface area contributed by atoms with Crippen molar-refractivity contribution >= 4 is 39.9 Å². The maximum absolute atomic E-state index is 12.3. The first-order chi connectivity index (χ1) is 10.3. The highest BCUT2D eigenvalue weighted by atomic mass is 35.5. The summed E-state index contributed by atoms with van der Waals surface area (Å²) in [5, 5.41) is 2.40.